The molecule has 0 N–H and O–H groups in total. The number of esters is 1. The summed E-state index contributed by atoms with van der Waals surface area (Å²) in [4.78, 5) is 11.3. The maximum Gasteiger partial charge on any atom is 0.342 e. The summed E-state index contributed by atoms with van der Waals surface area (Å²) in [6.07, 6.45) is 0. The van der Waals surface area contributed by atoms with E-state index in [1.807, 2.05) is 0 Å². The molecule has 0 aromatic heterocycles. The molecule has 15 heavy (non-hydrogen) atoms. The molecule has 0 bridgehead atoms. The van der Waals surface area contributed by atoms with E-state index in [2.05, 4.69) is 4.74 Å². The minimum absolute atomic E-state index is 0.0296. The summed E-state index contributed by atoms with van der Waals surface area (Å²) in [6.45, 7) is 1.70. The van der Waals surface area contributed by atoms with Crippen molar-refractivity contribution in [3.63, 3.8) is 0 Å². The zero-order valence-corrected chi connectivity index (χ0v) is 8.64. The van der Waals surface area contributed by atoms with Gasteiger partial charge in [0.25, 0.3) is 0 Å². The van der Waals surface area contributed by atoms with Crippen molar-refractivity contribution in [2.24, 2.45) is 0 Å². The maximum absolute atomic E-state index is 13.3. The number of halogens is 2. The topological polar surface area (TPSA) is 50.1 Å². The molecule has 0 aliphatic rings. The summed E-state index contributed by atoms with van der Waals surface area (Å²) in [7, 11) is 0. The Bertz CT molecular complexity index is 440. The Hall–Kier alpha value is -1.60. The van der Waals surface area contributed by atoms with Gasteiger partial charge >= 0.3 is 5.97 Å². The maximum atomic E-state index is 13.3. The van der Waals surface area contributed by atoms with Crippen LogP contribution in [-0.2, 0) is 4.74 Å². The highest BCUT2D eigenvalue weighted by atomic mass is 35.5. The van der Waals surface area contributed by atoms with E-state index in [0.717, 1.165) is 6.07 Å². The predicted molar refractivity (Wildman–Crippen MR) is 52.1 cm³/mol. The van der Waals surface area contributed by atoms with Crippen LogP contribution in [0.15, 0.2) is 12.1 Å². The number of carbonyl (C=O) groups excluding carboxylic acids is 1. The van der Waals surface area contributed by atoms with E-state index in [9.17, 15) is 9.18 Å². The molecule has 0 atom stereocenters. The monoisotopic (exact) mass is 227 g/mol. The lowest BCUT2D eigenvalue weighted by molar-refractivity contribution is 0.0520. The van der Waals surface area contributed by atoms with Crippen molar-refractivity contribution in [2.45, 2.75) is 6.92 Å². The van der Waals surface area contributed by atoms with E-state index in [4.69, 9.17) is 16.9 Å². The van der Waals surface area contributed by atoms with Gasteiger partial charge in [-0.15, -0.1) is 0 Å². The predicted octanol–water partition coefficient (Wildman–Crippen LogP) is 2.53. The third kappa shape index (κ3) is 2.25. The van der Waals surface area contributed by atoms with E-state index in [1.165, 1.54) is 6.07 Å². The molecule has 0 unspecified atom stereocenters. The lowest BCUT2D eigenvalue weighted by atomic mass is 10.1. The number of carbonyl (C=O) groups is 1. The number of ether oxygens (including phenoxy) is 1. The number of benzene rings is 1. The Balaban J connectivity index is 3.33. The largest absolute Gasteiger partial charge is 0.462 e. The molecule has 0 saturated carbocycles. The normalized spacial score (nSPS) is 9.47. The molecule has 78 valence electrons. The fourth-order valence-electron chi connectivity index (χ4n) is 1.06. The van der Waals surface area contributed by atoms with Crippen molar-refractivity contribution >= 4 is 17.6 Å². The van der Waals surface area contributed by atoms with E-state index in [1.54, 1.807) is 13.0 Å². The van der Waals surface area contributed by atoms with Gasteiger partial charge in [0.2, 0.25) is 0 Å². The molecular formula is C10H7ClFNO2. The van der Waals surface area contributed by atoms with Crippen LogP contribution in [0.1, 0.15) is 22.8 Å². The molecule has 0 aliphatic heterocycles. The van der Waals surface area contributed by atoms with E-state index < -0.39 is 17.3 Å². The first-order valence-electron chi connectivity index (χ1n) is 4.17. The Morgan fingerprint density at radius 3 is 2.87 bits per heavy atom. The third-order valence-electron chi connectivity index (χ3n) is 1.70. The van der Waals surface area contributed by atoms with Crippen LogP contribution in [0.3, 0.4) is 0 Å². The lowest BCUT2D eigenvalue weighted by Crippen LogP contribution is -2.10. The van der Waals surface area contributed by atoms with Gasteiger partial charge in [-0.05, 0) is 19.1 Å². The molecule has 0 saturated heterocycles. The summed E-state index contributed by atoms with van der Waals surface area (Å²) in [6, 6.07) is 3.91. The van der Waals surface area contributed by atoms with Crippen molar-refractivity contribution in [3.8, 4) is 6.07 Å². The molecule has 0 aliphatic carbocycles. The first-order chi connectivity index (χ1) is 7.11. The van der Waals surface area contributed by atoms with Gasteiger partial charge in [0, 0.05) is 0 Å². The number of hydrogen-bond donors (Lipinski definition) is 0. The lowest BCUT2D eigenvalue weighted by Gasteiger charge is -2.05. The second-order valence-electron chi connectivity index (χ2n) is 2.61. The van der Waals surface area contributed by atoms with Crippen LogP contribution in [-0.4, -0.2) is 12.6 Å². The number of rotatable bonds is 2. The van der Waals surface area contributed by atoms with Crippen molar-refractivity contribution in [2.75, 3.05) is 6.61 Å². The molecule has 0 fully saturated rings. The molecule has 0 spiro atoms. The molecule has 3 nitrogen and oxygen atoms in total. The quantitative estimate of drug-likeness (QED) is 0.730. The minimum Gasteiger partial charge on any atom is -0.462 e. The molecule has 1 aromatic carbocycles. The second kappa shape index (κ2) is 4.76. The molecule has 0 amide bonds. The van der Waals surface area contributed by atoms with Crippen LogP contribution >= 0.6 is 11.6 Å². The van der Waals surface area contributed by atoms with Crippen LogP contribution in [0, 0.1) is 17.1 Å². The summed E-state index contributed by atoms with van der Waals surface area (Å²) in [5.41, 5.74) is -0.609. The number of nitrogens with zero attached hydrogens (tertiary/aromatic N) is 1. The van der Waals surface area contributed by atoms with Crippen LogP contribution in [0.2, 0.25) is 5.02 Å². The molecule has 0 radical (unpaired) electrons. The van der Waals surface area contributed by atoms with Gasteiger partial charge in [0.05, 0.1) is 17.2 Å². The van der Waals surface area contributed by atoms with E-state index in [0.29, 0.717) is 0 Å². The Labute approximate surface area is 91.0 Å². The zero-order chi connectivity index (χ0) is 11.4. The second-order valence-corrected chi connectivity index (χ2v) is 3.02. The Morgan fingerprint density at radius 2 is 2.33 bits per heavy atom. The van der Waals surface area contributed by atoms with Crippen LogP contribution in [0.5, 0.6) is 0 Å². The third-order valence-corrected chi connectivity index (χ3v) is 2.01. The van der Waals surface area contributed by atoms with Gasteiger partial charge in [-0.2, -0.15) is 5.26 Å². The molecule has 0 heterocycles. The molecule has 1 rings (SSSR count). The summed E-state index contributed by atoms with van der Waals surface area (Å²) < 4.78 is 17.9. The highest BCUT2D eigenvalue weighted by Crippen LogP contribution is 2.22. The first-order valence-corrected chi connectivity index (χ1v) is 4.54. The summed E-state index contributed by atoms with van der Waals surface area (Å²) in [5, 5.41) is 8.76. The van der Waals surface area contributed by atoms with Crippen molar-refractivity contribution < 1.29 is 13.9 Å². The van der Waals surface area contributed by atoms with Crippen molar-refractivity contribution in [1.29, 1.82) is 5.26 Å². The van der Waals surface area contributed by atoms with Crippen LogP contribution in [0.25, 0.3) is 0 Å². The smallest absolute Gasteiger partial charge is 0.342 e. The van der Waals surface area contributed by atoms with Gasteiger partial charge < -0.3 is 4.74 Å². The Kier molecular flexibility index (Phi) is 3.64. The van der Waals surface area contributed by atoms with Gasteiger partial charge in [0.15, 0.2) is 0 Å². The van der Waals surface area contributed by atoms with E-state index >= 15 is 0 Å². The van der Waals surface area contributed by atoms with Gasteiger partial charge in [-0.1, -0.05) is 11.6 Å². The number of hydrogen-bond acceptors (Lipinski definition) is 3. The van der Waals surface area contributed by atoms with Crippen molar-refractivity contribution in [1.82, 2.24) is 0 Å². The minimum atomic E-state index is -0.881. The number of nitriles is 1. The van der Waals surface area contributed by atoms with Gasteiger partial charge in [-0.25, -0.2) is 9.18 Å². The van der Waals surface area contributed by atoms with Gasteiger partial charge in [0.1, 0.15) is 17.4 Å². The zero-order valence-electron chi connectivity index (χ0n) is 7.88. The fraction of sp³-hybridized carbons (Fsp3) is 0.200. The standard InChI is InChI=1S/C10H7ClFNO2/c1-2-15-10(14)9-6(5-13)7(11)3-4-8(9)12/h3-4H,2H2,1H3. The molecule has 5 heteroatoms. The summed E-state index contributed by atoms with van der Waals surface area (Å²) >= 11 is 5.65. The van der Waals surface area contributed by atoms with Crippen LogP contribution in [0.4, 0.5) is 4.39 Å². The molecule has 1 aromatic rings. The highest BCUT2D eigenvalue weighted by molar-refractivity contribution is 6.32. The Morgan fingerprint density at radius 1 is 1.67 bits per heavy atom. The average molecular weight is 228 g/mol. The fourth-order valence-corrected chi connectivity index (χ4v) is 1.26. The summed E-state index contributed by atoms with van der Waals surface area (Å²) in [5.74, 6) is -1.69. The van der Waals surface area contributed by atoms with Crippen LogP contribution < -0.4 is 0 Å². The van der Waals surface area contributed by atoms with Crippen molar-refractivity contribution in [3.05, 3.63) is 34.1 Å². The van der Waals surface area contributed by atoms with E-state index in [-0.39, 0.29) is 17.2 Å². The van der Waals surface area contributed by atoms with Gasteiger partial charge in [-0.3, -0.25) is 0 Å². The SMILES string of the molecule is CCOC(=O)c1c(F)ccc(Cl)c1C#N. The average Bonchev–Trinajstić information content (AvgIpc) is 2.21. The molecular weight excluding hydrogens is 221 g/mol. The first kappa shape index (κ1) is 11.5. The highest BCUT2D eigenvalue weighted by Gasteiger charge is 2.20.